The molecule has 1 aromatic rings. The Bertz CT molecular complexity index is 625. The SMILES string of the molecule is CC(=O)OC(C)(C)C.CC(C)C[C@@H](NC(=O)Nc1ccc(Br)cc1)C(N)=O. The van der Waals surface area contributed by atoms with E-state index in [1.807, 2.05) is 46.8 Å². The van der Waals surface area contributed by atoms with Crippen molar-refractivity contribution in [1.82, 2.24) is 5.32 Å². The van der Waals surface area contributed by atoms with Crippen LogP contribution in [0.5, 0.6) is 0 Å². The zero-order valence-electron chi connectivity index (χ0n) is 16.8. The maximum absolute atomic E-state index is 11.8. The van der Waals surface area contributed by atoms with Crippen LogP contribution in [-0.4, -0.2) is 29.6 Å². The Hall–Kier alpha value is -2.09. The molecule has 1 rings (SSSR count). The summed E-state index contributed by atoms with van der Waals surface area (Å²) in [6.45, 7) is 10.9. The Balaban J connectivity index is 0.000000713. The van der Waals surface area contributed by atoms with E-state index in [1.165, 1.54) is 6.92 Å². The Morgan fingerprint density at radius 1 is 1.15 bits per heavy atom. The maximum Gasteiger partial charge on any atom is 0.319 e. The van der Waals surface area contributed by atoms with Gasteiger partial charge in [-0.1, -0.05) is 29.8 Å². The van der Waals surface area contributed by atoms with Crippen molar-refractivity contribution in [3.63, 3.8) is 0 Å². The van der Waals surface area contributed by atoms with Gasteiger partial charge in [0.1, 0.15) is 11.6 Å². The van der Waals surface area contributed by atoms with Crippen LogP contribution in [0.2, 0.25) is 0 Å². The van der Waals surface area contributed by atoms with Crippen molar-refractivity contribution in [3.05, 3.63) is 28.7 Å². The summed E-state index contributed by atoms with van der Waals surface area (Å²) in [7, 11) is 0. The molecule has 0 spiro atoms. The first-order valence-electron chi connectivity index (χ1n) is 8.62. The molecule has 27 heavy (non-hydrogen) atoms. The summed E-state index contributed by atoms with van der Waals surface area (Å²) in [5, 5.41) is 5.22. The smallest absolute Gasteiger partial charge is 0.319 e. The highest BCUT2D eigenvalue weighted by Crippen LogP contribution is 2.14. The number of nitrogens with one attached hydrogen (secondary N) is 2. The van der Waals surface area contributed by atoms with E-state index in [-0.39, 0.29) is 17.5 Å². The molecule has 0 aliphatic heterocycles. The number of rotatable bonds is 5. The van der Waals surface area contributed by atoms with Crippen LogP contribution in [0, 0.1) is 5.92 Å². The summed E-state index contributed by atoms with van der Waals surface area (Å²) in [5.41, 5.74) is 5.58. The topological polar surface area (TPSA) is 111 Å². The molecule has 0 unspecified atom stereocenters. The third-order valence-corrected chi connectivity index (χ3v) is 3.44. The highest BCUT2D eigenvalue weighted by atomic mass is 79.9. The first kappa shape index (κ1) is 24.9. The third-order valence-electron chi connectivity index (χ3n) is 2.91. The van der Waals surface area contributed by atoms with Crippen LogP contribution in [0.3, 0.4) is 0 Å². The number of hydrogen-bond donors (Lipinski definition) is 3. The molecule has 152 valence electrons. The van der Waals surface area contributed by atoms with Crippen LogP contribution in [0.1, 0.15) is 48.0 Å². The van der Waals surface area contributed by atoms with Crippen molar-refractivity contribution in [2.24, 2.45) is 11.7 Å². The minimum absolute atomic E-state index is 0.225. The van der Waals surface area contributed by atoms with Crippen molar-refractivity contribution in [2.75, 3.05) is 5.32 Å². The second kappa shape index (κ2) is 11.6. The van der Waals surface area contributed by atoms with Crippen LogP contribution in [0.4, 0.5) is 10.5 Å². The number of esters is 1. The standard InChI is InChI=1S/C13H18BrN3O2.C6H12O2/c1-8(2)7-11(12(15)18)17-13(19)16-10-5-3-9(14)4-6-10;1-5(7)8-6(2,3)4/h3-6,8,11H,7H2,1-2H3,(H2,15,18)(H2,16,17,19);1-4H3/t11-;/m1./s1. The molecule has 7 nitrogen and oxygen atoms in total. The largest absolute Gasteiger partial charge is 0.460 e. The molecule has 0 bridgehead atoms. The fraction of sp³-hybridized carbons (Fsp3) is 0.526. The van der Waals surface area contributed by atoms with Gasteiger partial charge in [0.15, 0.2) is 0 Å². The van der Waals surface area contributed by atoms with Gasteiger partial charge in [-0.25, -0.2) is 4.79 Å². The van der Waals surface area contributed by atoms with Crippen LogP contribution in [-0.2, 0) is 14.3 Å². The molecule has 0 saturated carbocycles. The zero-order valence-corrected chi connectivity index (χ0v) is 18.3. The monoisotopic (exact) mass is 443 g/mol. The van der Waals surface area contributed by atoms with Gasteiger partial charge in [0.05, 0.1) is 0 Å². The molecule has 0 saturated heterocycles. The Labute approximate surface area is 169 Å². The molecule has 1 atom stereocenters. The van der Waals surface area contributed by atoms with Crippen molar-refractivity contribution in [2.45, 2.75) is 59.6 Å². The number of halogens is 1. The number of benzene rings is 1. The maximum atomic E-state index is 11.8. The van der Waals surface area contributed by atoms with Gasteiger partial charge in [-0.2, -0.15) is 0 Å². The average Bonchev–Trinajstić information content (AvgIpc) is 2.46. The van der Waals surface area contributed by atoms with E-state index in [9.17, 15) is 14.4 Å². The summed E-state index contributed by atoms with van der Waals surface area (Å²) >= 11 is 3.31. The number of carbonyl (C=O) groups excluding carboxylic acids is 3. The third kappa shape index (κ3) is 13.7. The summed E-state index contributed by atoms with van der Waals surface area (Å²) in [4.78, 5) is 33.2. The summed E-state index contributed by atoms with van der Waals surface area (Å²) in [6, 6.07) is 6.05. The van der Waals surface area contributed by atoms with E-state index >= 15 is 0 Å². The second-order valence-electron chi connectivity index (χ2n) is 7.40. The van der Waals surface area contributed by atoms with Gasteiger partial charge in [0, 0.05) is 17.1 Å². The van der Waals surface area contributed by atoms with Crippen LogP contribution in [0.25, 0.3) is 0 Å². The highest BCUT2D eigenvalue weighted by Gasteiger charge is 2.19. The first-order chi connectivity index (χ1) is 12.3. The molecule has 0 aliphatic rings. The molecule has 3 amide bonds. The molecule has 8 heteroatoms. The minimum atomic E-state index is -0.657. The molecule has 0 heterocycles. The lowest BCUT2D eigenvalue weighted by atomic mass is 10.0. The van der Waals surface area contributed by atoms with Gasteiger partial charge in [0.25, 0.3) is 0 Å². The fourth-order valence-electron chi connectivity index (χ4n) is 2.01. The van der Waals surface area contributed by atoms with Gasteiger partial charge in [-0.15, -0.1) is 0 Å². The van der Waals surface area contributed by atoms with Crippen molar-refractivity contribution in [3.8, 4) is 0 Å². The molecule has 4 N–H and O–H groups in total. The predicted molar refractivity (Wildman–Crippen MR) is 110 cm³/mol. The first-order valence-corrected chi connectivity index (χ1v) is 9.41. The predicted octanol–water partition coefficient (Wildman–Crippen LogP) is 3.82. The highest BCUT2D eigenvalue weighted by molar-refractivity contribution is 9.10. The van der Waals surface area contributed by atoms with Gasteiger partial charge in [-0.3, -0.25) is 9.59 Å². The summed E-state index contributed by atoms with van der Waals surface area (Å²) < 4.78 is 5.72. The Kier molecular flexibility index (Phi) is 10.7. The number of ether oxygens (including phenoxy) is 1. The lowest BCUT2D eigenvalue weighted by molar-refractivity contribution is -0.151. The zero-order chi connectivity index (χ0) is 21.2. The fourth-order valence-corrected chi connectivity index (χ4v) is 2.27. The van der Waals surface area contributed by atoms with Gasteiger partial charge in [-0.05, 0) is 57.4 Å². The lowest BCUT2D eigenvalue weighted by Gasteiger charge is -2.17. The second-order valence-corrected chi connectivity index (χ2v) is 8.31. The Morgan fingerprint density at radius 3 is 2.00 bits per heavy atom. The van der Waals surface area contributed by atoms with E-state index in [1.54, 1.807) is 12.1 Å². The quantitative estimate of drug-likeness (QED) is 0.600. The number of amides is 3. The Morgan fingerprint density at radius 2 is 1.67 bits per heavy atom. The number of nitrogens with two attached hydrogens (primary N) is 1. The van der Waals surface area contributed by atoms with Crippen molar-refractivity contribution < 1.29 is 19.1 Å². The molecule has 0 fully saturated rings. The number of primary amides is 1. The van der Waals surface area contributed by atoms with Crippen LogP contribution < -0.4 is 16.4 Å². The summed E-state index contributed by atoms with van der Waals surface area (Å²) in [6.07, 6.45) is 0.517. The van der Waals surface area contributed by atoms with Crippen molar-refractivity contribution >= 4 is 39.5 Å². The van der Waals surface area contributed by atoms with Gasteiger partial charge >= 0.3 is 12.0 Å². The van der Waals surface area contributed by atoms with E-state index < -0.39 is 18.0 Å². The number of anilines is 1. The molecular formula is C19H30BrN3O4. The lowest BCUT2D eigenvalue weighted by Crippen LogP contribution is -2.46. The minimum Gasteiger partial charge on any atom is -0.460 e. The summed E-state index contributed by atoms with van der Waals surface area (Å²) in [5.74, 6) is -0.484. The molecule has 0 aliphatic carbocycles. The average molecular weight is 444 g/mol. The van der Waals surface area contributed by atoms with E-state index in [0.29, 0.717) is 12.1 Å². The number of carbonyl (C=O) groups is 3. The number of urea groups is 1. The van der Waals surface area contributed by atoms with Crippen LogP contribution >= 0.6 is 15.9 Å². The van der Waals surface area contributed by atoms with E-state index in [4.69, 9.17) is 10.5 Å². The molecule has 0 aromatic heterocycles. The number of hydrogen-bond acceptors (Lipinski definition) is 4. The molecular weight excluding hydrogens is 414 g/mol. The van der Waals surface area contributed by atoms with E-state index in [0.717, 1.165) is 4.47 Å². The molecule has 1 aromatic carbocycles. The van der Waals surface area contributed by atoms with Crippen molar-refractivity contribution in [1.29, 1.82) is 0 Å². The van der Waals surface area contributed by atoms with Crippen LogP contribution in [0.15, 0.2) is 28.7 Å². The van der Waals surface area contributed by atoms with Gasteiger partial charge < -0.3 is 21.1 Å². The normalized spacial score (nSPS) is 11.7. The van der Waals surface area contributed by atoms with E-state index in [2.05, 4.69) is 26.6 Å². The van der Waals surface area contributed by atoms with Gasteiger partial charge in [0.2, 0.25) is 5.91 Å². The molecule has 0 radical (unpaired) electrons.